The molecule has 19 heteroatoms. The van der Waals surface area contributed by atoms with E-state index in [4.69, 9.17) is 10.6 Å². The van der Waals surface area contributed by atoms with E-state index >= 15 is 0 Å². The molecule has 2 aromatic heterocycles. The van der Waals surface area contributed by atoms with Crippen LogP contribution in [0.4, 0.5) is 5.13 Å². The number of hydrogen-bond acceptors (Lipinski definition) is 13. The lowest BCUT2D eigenvalue weighted by Crippen LogP contribution is -2.71. The zero-order chi connectivity index (χ0) is 32.1. The number of fused-ring (bicyclic) bond motifs is 1. The van der Waals surface area contributed by atoms with E-state index in [2.05, 4.69) is 15.5 Å². The second-order valence-corrected chi connectivity index (χ2v) is 11.6. The van der Waals surface area contributed by atoms with Gasteiger partial charge in [-0.3, -0.25) is 34.5 Å². The van der Waals surface area contributed by atoms with E-state index in [1.807, 2.05) is 0 Å². The number of aromatic nitrogens is 2. The van der Waals surface area contributed by atoms with E-state index < -0.39 is 41.0 Å². The number of hydrogen-bond donors (Lipinski definition) is 5. The Balaban J connectivity index is 1.46. The van der Waals surface area contributed by atoms with Crippen molar-refractivity contribution in [1.82, 2.24) is 25.3 Å². The lowest BCUT2D eigenvalue weighted by Gasteiger charge is -2.49. The lowest BCUT2D eigenvalue weighted by molar-refractivity contribution is -0.689. The molecule has 1 saturated heterocycles. The number of thiazole rings is 1. The Kier molecular flexibility index (Phi) is 10.1. The Morgan fingerprint density at radius 1 is 1.20 bits per heavy atom. The van der Waals surface area contributed by atoms with Crippen molar-refractivity contribution >= 4 is 63.5 Å². The van der Waals surface area contributed by atoms with Crippen LogP contribution >= 0.6 is 23.1 Å². The number of thioether (sulfide) groups is 1. The number of nitrogens with two attached hydrogens (primary N) is 1. The molecular formula is C25H29N8O9S2+. The highest BCUT2D eigenvalue weighted by molar-refractivity contribution is 8.00. The van der Waals surface area contributed by atoms with Gasteiger partial charge >= 0.3 is 5.97 Å². The van der Waals surface area contributed by atoms with Crippen LogP contribution in [0.2, 0.25) is 0 Å². The Labute approximate surface area is 258 Å². The number of carboxylic acids is 1. The molecule has 0 aromatic carbocycles. The summed E-state index contributed by atoms with van der Waals surface area (Å²) in [5, 5.41) is 37.4. The molecule has 0 bridgehead atoms. The van der Waals surface area contributed by atoms with E-state index in [0.29, 0.717) is 21.3 Å². The molecule has 4 heterocycles. The third-order valence-electron chi connectivity index (χ3n) is 6.46. The van der Waals surface area contributed by atoms with Crippen LogP contribution in [0.25, 0.3) is 0 Å². The fraction of sp³-hybridized carbons (Fsp3) is 0.360. The Hall–Kier alpha value is -4.59. The van der Waals surface area contributed by atoms with Gasteiger partial charge in [-0.25, -0.2) is 24.5 Å². The molecule has 0 aliphatic carbocycles. The monoisotopic (exact) mass is 649 g/mol. The molecule has 4 amide bonds. The van der Waals surface area contributed by atoms with Crippen LogP contribution in [0.5, 0.6) is 0 Å². The number of hydroxylamine groups is 4. The number of aliphatic carboxylic acids is 1. The van der Waals surface area contributed by atoms with Crippen molar-refractivity contribution in [3.05, 3.63) is 52.4 Å². The highest BCUT2D eigenvalue weighted by Gasteiger charge is 2.54. The van der Waals surface area contributed by atoms with Gasteiger partial charge in [0.05, 0.1) is 13.1 Å². The Morgan fingerprint density at radius 2 is 1.89 bits per heavy atom. The molecule has 0 unspecified atom stereocenters. The van der Waals surface area contributed by atoms with Crippen molar-refractivity contribution in [2.24, 2.45) is 5.16 Å². The second kappa shape index (κ2) is 13.8. The van der Waals surface area contributed by atoms with Crippen molar-refractivity contribution < 1.29 is 48.9 Å². The lowest BCUT2D eigenvalue weighted by atomic mass is 10.0. The van der Waals surface area contributed by atoms with Gasteiger partial charge in [0, 0.05) is 42.7 Å². The van der Waals surface area contributed by atoms with Crippen molar-refractivity contribution in [3.63, 3.8) is 0 Å². The number of nitrogens with one attached hydrogen (secondary N) is 1. The number of nitrogen functional groups attached to an aromatic ring is 1. The number of carboxylic acid groups (broad SMARTS) is 1. The standard InChI is InChI=1S/C25H28N8O9S2/c1-13(34)31(40)7-8-42-29-18(17-12-44-25(26)27-17)21(36)28-19-22(37)33-20(24(38)39)16(11-43-23(19)33)10-30-5-3-15(4-6-30)9-32(41)14(2)35/h3-6,12,19,23,40-41H,7-11H2,1-2H3,(H3-,26,27,28,36,38,39)/p+1/b29-18-/t19-,23-/m1/s1. The highest BCUT2D eigenvalue weighted by atomic mass is 32.2. The van der Waals surface area contributed by atoms with Gasteiger partial charge in [0.25, 0.3) is 11.8 Å². The van der Waals surface area contributed by atoms with E-state index in [9.17, 15) is 39.5 Å². The van der Waals surface area contributed by atoms with Crippen molar-refractivity contribution in [1.29, 1.82) is 0 Å². The molecule has 2 aromatic rings. The van der Waals surface area contributed by atoms with Crippen LogP contribution in [0, 0.1) is 0 Å². The van der Waals surface area contributed by atoms with Crippen molar-refractivity contribution in [3.8, 4) is 0 Å². The number of oxime groups is 1. The normalized spacial score (nSPS) is 17.9. The summed E-state index contributed by atoms with van der Waals surface area (Å²) in [6.07, 6.45) is 3.33. The minimum atomic E-state index is -1.30. The number of carbonyl (C=O) groups is 5. The summed E-state index contributed by atoms with van der Waals surface area (Å²) in [5.74, 6) is -3.62. The third kappa shape index (κ3) is 7.30. The van der Waals surface area contributed by atoms with Gasteiger partial charge in [-0.2, -0.15) is 0 Å². The number of pyridine rings is 1. The van der Waals surface area contributed by atoms with E-state index in [0.717, 1.165) is 23.2 Å². The number of nitrogens with zero attached hydrogens (tertiary/aromatic N) is 6. The quantitative estimate of drug-likeness (QED) is 0.0473. The zero-order valence-corrected chi connectivity index (χ0v) is 25.1. The maximum atomic E-state index is 13.2. The number of β-lactam (4-membered cyclic amide) rings is 1. The molecule has 6 N–H and O–H groups in total. The van der Waals surface area contributed by atoms with Crippen LogP contribution in [0.1, 0.15) is 25.1 Å². The van der Waals surface area contributed by atoms with Crippen LogP contribution in [-0.2, 0) is 41.9 Å². The Bertz CT molecular complexity index is 1530. The molecule has 2 aliphatic heterocycles. The van der Waals surface area contributed by atoms with Gasteiger partial charge in [-0.1, -0.05) is 5.16 Å². The SMILES string of the molecule is CC(=O)N(O)CCO/N=C(\C(=O)N[C@@H]1C(=O)N2C(C(=O)O)=C(C[n+]3ccc(CN(O)C(C)=O)cc3)CS[C@H]12)c1csc(N)n1. The molecule has 0 spiro atoms. The number of rotatable bonds is 12. The summed E-state index contributed by atoms with van der Waals surface area (Å²) in [7, 11) is 0. The summed E-state index contributed by atoms with van der Waals surface area (Å²) in [5.41, 5.74) is 6.41. The fourth-order valence-electron chi connectivity index (χ4n) is 4.21. The first-order valence-corrected chi connectivity index (χ1v) is 14.8. The first kappa shape index (κ1) is 32.3. The molecular weight excluding hydrogens is 620 g/mol. The van der Waals surface area contributed by atoms with Gasteiger partial charge in [0.1, 0.15) is 29.4 Å². The molecule has 234 valence electrons. The maximum absolute atomic E-state index is 13.2. The predicted octanol–water partition coefficient (Wildman–Crippen LogP) is -0.852. The van der Waals surface area contributed by atoms with Gasteiger partial charge < -0.3 is 21.0 Å². The van der Waals surface area contributed by atoms with Crippen LogP contribution in [-0.4, -0.2) is 101 Å². The molecule has 4 rings (SSSR count). The first-order chi connectivity index (χ1) is 20.9. The minimum absolute atomic E-state index is 0.0122. The molecule has 0 radical (unpaired) electrons. The molecule has 17 nitrogen and oxygen atoms in total. The van der Waals surface area contributed by atoms with E-state index in [1.165, 1.54) is 24.1 Å². The number of carbonyl (C=O) groups excluding carboxylic acids is 4. The molecule has 44 heavy (non-hydrogen) atoms. The number of anilines is 1. The van der Waals surface area contributed by atoms with Gasteiger partial charge in [0.15, 0.2) is 29.8 Å². The molecule has 2 atom stereocenters. The molecule has 0 saturated carbocycles. The van der Waals surface area contributed by atoms with Crippen LogP contribution in [0.15, 0.2) is 46.3 Å². The van der Waals surface area contributed by atoms with Gasteiger partial charge in [0.2, 0.25) is 11.8 Å². The first-order valence-electron chi connectivity index (χ1n) is 12.9. The zero-order valence-electron chi connectivity index (χ0n) is 23.4. The summed E-state index contributed by atoms with van der Waals surface area (Å²) >= 11 is 2.32. The Morgan fingerprint density at radius 3 is 2.48 bits per heavy atom. The van der Waals surface area contributed by atoms with Crippen molar-refractivity contribution in [2.45, 2.75) is 38.4 Å². The van der Waals surface area contributed by atoms with Crippen LogP contribution in [0.3, 0.4) is 0 Å². The number of amides is 4. The topological polar surface area (TPSA) is 232 Å². The van der Waals surface area contributed by atoms with Gasteiger partial charge in [-0.05, 0) is 5.56 Å². The summed E-state index contributed by atoms with van der Waals surface area (Å²) in [6.45, 7) is 2.05. The third-order valence-corrected chi connectivity index (χ3v) is 8.47. The highest BCUT2D eigenvalue weighted by Crippen LogP contribution is 2.40. The molecule has 1 fully saturated rings. The van der Waals surface area contributed by atoms with Crippen molar-refractivity contribution in [2.75, 3.05) is 24.6 Å². The van der Waals surface area contributed by atoms with Gasteiger partial charge in [-0.15, -0.1) is 23.1 Å². The van der Waals surface area contributed by atoms with E-state index in [-0.39, 0.29) is 54.2 Å². The minimum Gasteiger partial charge on any atom is -0.477 e. The second-order valence-electron chi connectivity index (χ2n) is 9.56. The maximum Gasteiger partial charge on any atom is 0.352 e. The summed E-state index contributed by atoms with van der Waals surface area (Å²) in [4.78, 5) is 71.3. The van der Waals surface area contributed by atoms with Crippen LogP contribution < -0.4 is 15.6 Å². The fourth-order valence-corrected chi connectivity index (χ4v) is 6.10. The summed E-state index contributed by atoms with van der Waals surface area (Å²) < 4.78 is 1.70. The summed E-state index contributed by atoms with van der Waals surface area (Å²) in [6, 6.07) is 2.28. The molecule has 2 aliphatic rings. The van der Waals surface area contributed by atoms with E-state index in [1.54, 1.807) is 29.1 Å². The average Bonchev–Trinajstić information content (AvgIpc) is 3.41. The predicted molar refractivity (Wildman–Crippen MR) is 153 cm³/mol. The largest absolute Gasteiger partial charge is 0.477 e. The smallest absolute Gasteiger partial charge is 0.352 e. The average molecular weight is 650 g/mol.